The van der Waals surface area contributed by atoms with E-state index in [0.717, 1.165) is 5.56 Å². The molecule has 0 spiro atoms. The van der Waals surface area contributed by atoms with E-state index < -0.39 is 10.0 Å². The highest BCUT2D eigenvalue weighted by atomic mass is 79.9. The molecule has 0 saturated carbocycles. The van der Waals surface area contributed by atoms with Crippen LogP contribution in [-0.2, 0) is 14.8 Å². The van der Waals surface area contributed by atoms with E-state index in [1.165, 1.54) is 4.31 Å². The van der Waals surface area contributed by atoms with Gasteiger partial charge in [0.1, 0.15) is 5.75 Å². The molecule has 1 saturated heterocycles. The van der Waals surface area contributed by atoms with Crippen LogP contribution in [-0.4, -0.2) is 63.4 Å². The third-order valence-corrected chi connectivity index (χ3v) is 8.22. The highest BCUT2D eigenvalue weighted by molar-refractivity contribution is 9.11. The second kappa shape index (κ2) is 9.78. The van der Waals surface area contributed by atoms with Gasteiger partial charge in [-0.2, -0.15) is 4.31 Å². The van der Waals surface area contributed by atoms with E-state index in [2.05, 4.69) is 37.2 Å². The fourth-order valence-electron chi connectivity index (χ4n) is 3.25. The van der Waals surface area contributed by atoms with Crippen LogP contribution in [0.1, 0.15) is 5.56 Å². The molecule has 1 aliphatic heterocycles. The van der Waals surface area contributed by atoms with Crippen LogP contribution < -0.4 is 10.1 Å². The van der Waals surface area contributed by atoms with Crippen LogP contribution in [0.4, 0.5) is 5.69 Å². The van der Waals surface area contributed by atoms with E-state index in [0.29, 0.717) is 46.6 Å². The molecule has 0 atom stereocenters. The second-order valence-corrected chi connectivity index (χ2v) is 10.7. The van der Waals surface area contributed by atoms with Gasteiger partial charge in [-0.3, -0.25) is 9.69 Å². The summed E-state index contributed by atoms with van der Waals surface area (Å²) in [6, 6.07) is 10.7. The zero-order valence-corrected chi connectivity index (χ0v) is 20.7. The predicted molar refractivity (Wildman–Crippen MR) is 123 cm³/mol. The molecule has 1 N–H and O–H groups in total. The molecule has 3 rings (SSSR count). The lowest BCUT2D eigenvalue weighted by Crippen LogP contribution is -2.50. The van der Waals surface area contributed by atoms with Crippen molar-refractivity contribution >= 4 is 53.5 Å². The molecule has 7 nitrogen and oxygen atoms in total. The smallest absolute Gasteiger partial charge is 0.244 e. The van der Waals surface area contributed by atoms with Crippen LogP contribution in [0.2, 0.25) is 0 Å². The van der Waals surface area contributed by atoms with E-state index in [-0.39, 0.29) is 17.3 Å². The zero-order chi connectivity index (χ0) is 21.9. The summed E-state index contributed by atoms with van der Waals surface area (Å²) in [5.41, 5.74) is 1.65. The number of carbonyl (C=O) groups excluding carboxylic acids is 1. The highest BCUT2D eigenvalue weighted by Gasteiger charge is 2.30. The maximum atomic E-state index is 13.0. The summed E-state index contributed by atoms with van der Waals surface area (Å²) >= 11 is 6.65. The molecule has 2 aromatic carbocycles. The van der Waals surface area contributed by atoms with Gasteiger partial charge in [0.15, 0.2) is 0 Å². The molecule has 0 aliphatic carbocycles. The van der Waals surface area contributed by atoms with Crippen molar-refractivity contribution in [1.29, 1.82) is 0 Å². The Morgan fingerprint density at radius 2 is 1.80 bits per heavy atom. The molecule has 0 unspecified atom stereocenters. The van der Waals surface area contributed by atoms with E-state index in [1.54, 1.807) is 25.3 Å². The normalized spacial score (nSPS) is 15.7. The molecule has 0 aromatic heterocycles. The molecule has 1 heterocycles. The number of amides is 1. The Morgan fingerprint density at radius 1 is 1.10 bits per heavy atom. The third kappa shape index (κ3) is 5.42. The number of nitrogens with one attached hydrogen (secondary N) is 1. The average molecular weight is 561 g/mol. The Kier molecular flexibility index (Phi) is 7.56. The van der Waals surface area contributed by atoms with Crippen molar-refractivity contribution in [1.82, 2.24) is 9.21 Å². The van der Waals surface area contributed by atoms with Gasteiger partial charge in [0.2, 0.25) is 15.9 Å². The fourth-order valence-corrected chi connectivity index (χ4v) is 6.14. The molecule has 2 aromatic rings. The molecule has 10 heteroatoms. The first-order valence-corrected chi connectivity index (χ1v) is 12.4. The Balaban J connectivity index is 1.60. The Labute approximate surface area is 193 Å². The van der Waals surface area contributed by atoms with Gasteiger partial charge < -0.3 is 10.1 Å². The molecule has 1 fully saturated rings. The summed E-state index contributed by atoms with van der Waals surface area (Å²) in [6.45, 7) is 3.72. The van der Waals surface area contributed by atoms with E-state index in [9.17, 15) is 13.2 Å². The van der Waals surface area contributed by atoms with E-state index in [4.69, 9.17) is 4.74 Å². The minimum atomic E-state index is -3.62. The molecule has 1 amide bonds. The van der Waals surface area contributed by atoms with Crippen molar-refractivity contribution in [2.45, 2.75) is 11.8 Å². The first-order valence-electron chi connectivity index (χ1n) is 9.33. The number of nitrogens with zero attached hydrogens (tertiary/aromatic N) is 2. The molecule has 1 aliphatic rings. The fraction of sp³-hybridized carbons (Fsp3) is 0.350. The number of anilines is 1. The summed E-state index contributed by atoms with van der Waals surface area (Å²) in [7, 11) is -2.06. The number of ether oxygens (including phenoxy) is 1. The first-order chi connectivity index (χ1) is 14.2. The van der Waals surface area contributed by atoms with Crippen LogP contribution >= 0.6 is 31.9 Å². The number of hydrogen-bond donors (Lipinski definition) is 1. The average Bonchev–Trinajstić information content (AvgIpc) is 2.70. The summed E-state index contributed by atoms with van der Waals surface area (Å²) in [6.07, 6.45) is 0. The summed E-state index contributed by atoms with van der Waals surface area (Å²) in [4.78, 5) is 14.7. The van der Waals surface area contributed by atoms with Crippen molar-refractivity contribution in [3.05, 3.63) is 50.9 Å². The van der Waals surface area contributed by atoms with Crippen molar-refractivity contribution in [2.75, 3.05) is 45.2 Å². The topological polar surface area (TPSA) is 79.0 Å². The van der Waals surface area contributed by atoms with Gasteiger partial charge in [-0.15, -0.1) is 0 Å². The number of rotatable bonds is 6. The van der Waals surface area contributed by atoms with Crippen molar-refractivity contribution < 1.29 is 17.9 Å². The SMILES string of the molecule is COc1ccc(C)cc1NC(=O)CN1CCN(S(=O)(=O)c2cc(Br)ccc2Br)CC1. The standard InChI is InChI=1S/C20H23Br2N3O4S/c1-14-3-6-18(29-2)17(11-14)23-20(26)13-24-7-9-25(10-8-24)30(27,28)19-12-15(21)4-5-16(19)22/h3-6,11-12H,7-10,13H2,1-2H3,(H,23,26). The monoisotopic (exact) mass is 559 g/mol. The van der Waals surface area contributed by atoms with Gasteiger partial charge >= 0.3 is 0 Å². The van der Waals surface area contributed by atoms with Crippen LogP contribution in [0.3, 0.4) is 0 Å². The lowest BCUT2D eigenvalue weighted by molar-refractivity contribution is -0.117. The summed E-state index contributed by atoms with van der Waals surface area (Å²) in [5.74, 6) is 0.439. The van der Waals surface area contributed by atoms with Gasteiger partial charge in [0, 0.05) is 35.1 Å². The number of sulfonamides is 1. The number of piperazine rings is 1. The van der Waals surface area contributed by atoms with Crippen molar-refractivity contribution in [2.24, 2.45) is 0 Å². The Bertz CT molecular complexity index is 1040. The van der Waals surface area contributed by atoms with E-state index in [1.807, 2.05) is 30.0 Å². The summed E-state index contributed by atoms with van der Waals surface area (Å²) < 4.78 is 34.0. The van der Waals surface area contributed by atoms with Crippen LogP contribution in [0.25, 0.3) is 0 Å². The first kappa shape index (κ1) is 23.2. The van der Waals surface area contributed by atoms with Crippen LogP contribution in [0.15, 0.2) is 50.2 Å². The van der Waals surface area contributed by atoms with Gasteiger partial charge in [-0.05, 0) is 58.7 Å². The third-order valence-electron chi connectivity index (χ3n) is 4.84. The van der Waals surface area contributed by atoms with Crippen LogP contribution in [0.5, 0.6) is 5.75 Å². The number of benzene rings is 2. The summed E-state index contributed by atoms with van der Waals surface area (Å²) in [5, 5.41) is 2.88. The number of halogens is 2. The van der Waals surface area contributed by atoms with Crippen molar-refractivity contribution in [3.8, 4) is 5.75 Å². The minimum Gasteiger partial charge on any atom is -0.495 e. The molecular weight excluding hydrogens is 538 g/mol. The zero-order valence-electron chi connectivity index (χ0n) is 16.7. The molecular formula is C20H23Br2N3O4S. The Morgan fingerprint density at radius 3 is 2.47 bits per heavy atom. The maximum Gasteiger partial charge on any atom is 0.244 e. The highest BCUT2D eigenvalue weighted by Crippen LogP contribution is 2.29. The maximum absolute atomic E-state index is 13.0. The van der Waals surface area contributed by atoms with E-state index >= 15 is 0 Å². The quantitative estimate of drug-likeness (QED) is 0.585. The number of hydrogen-bond acceptors (Lipinski definition) is 5. The largest absolute Gasteiger partial charge is 0.495 e. The lowest BCUT2D eigenvalue weighted by atomic mass is 10.2. The van der Waals surface area contributed by atoms with Gasteiger partial charge in [0.25, 0.3) is 0 Å². The number of aryl methyl sites for hydroxylation is 1. The Hall–Kier alpha value is -1.46. The van der Waals surface area contributed by atoms with Gasteiger partial charge in [0.05, 0.1) is 24.2 Å². The minimum absolute atomic E-state index is 0.162. The van der Waals surface area contributed by atoms with Gasteiger partial charge in [-0.25, -0.2) is 8.42 Å². The number of carbonyl (C=O) groups is 1. The second-order valence-electron chi connectivity index (χ2n) is 7.01. The molecule has 162 valence electrons. The lowest BCUT2D eigenvalue weighted by Gasteiger charge is -2.33. The molecule has 0 bridgehead atoms. The predicted octanol–water partition coefficient (Wildman–Crippen LogP) is 3.47. The molecule has 0 radical (unpaired) electrons. The van der Waals surface area contributed by atoms with Crippen molar-refractivity contribution in [3.63, 3.8) is 0 Å². The number of methoxy groups -OCH3 is 1. The van der Waals surface area contributed by atoms with Gasteiger partial charge in [-0.1, -0.05) is 22.0 Å². The molecule has 30 heavy (non-hydrogen) atoms. The van der Waals surface area contributed by atoms with Crippen LogP contribution in [0, 0.1) is 6.92 Å².